The Morgan fingerprint density at radius 3 is 2.57 bits per heavy atom. The first kappa shape index (κ1) is 17.4. The van der Waals surface area contributed by atoms with Gasteiger partial charge in [-0.05, 0) is 61.9 Å². The average Bonchev–Trinajstić information content (AvgIpc) is 2.60. The second-order valence-corrected chi connectivity index (χ2v) is 5.42. The summed E-state index contributed by atoms with van der Waals surface area (Å²) >= 11 is 0. The molecule has 0 aliphatic rings. The predicted molar refractivity (Wildman–Crippen MR) is 93.2 cm³/mol. The fourth-order valence-electron chi connectivity index (χ4n) is 2.51. The monoisotopic (exact) mass is 314 g/mol. The molecule has 2 rings (SSSR count). The van der Waals surface area contributed by atoms with Crippen molar-refractivity contribution in [2.45, 2.75) is 32.6 Å². The minimum Gasteiger partial charge on any atom is -0.497 e. The Labute approximate surface area is 139 Å². The first-order chi connectivity index (χ1) is 11.3. The number of rotatable bonds is 10. The van der Waals surface area contributed by atoms with Crippen LogP contribution in [0.3, 0.4) is 0 Å². The van der Waals surface area contributed by atoms with E-state index in [-0.39, 0.29) is 0 Å². The highest BCUT2D eigenvalue weighted by Gasteiger charge is 2.03. The van der Waals surface area contributed by atoms with E-state index in [2.05, 4.69) is 24.3 Å². The van der Waals surface area contributed by atoms with Gasteiger partial charge in [0.2, 0.25) is 0 Å². The van der Waals surface area contributed by atoms with Crippen LogP contribution in [0, 0.1) is 0 Å². The van der Waals surface area contributed by atoms with Crippen LogP contribution in [-0.4, -0.2) is 20.5 Å². The van der Waals surface area contributed by atoms with E-state index in [4.69, 9.17) is 14.2 Å². The SMILES string of the molecule is CCOCOc1ccccc1CCCCc1cccc(OC)c1. The molecule has 0 unspecified atom stereocenters. The maximum absolute atomic E-state index is 5.68. The van der Waals surface area contributed by atoms with Crippen molar-refractivity contribution in [1.82, 2.24) is 0 Å². The first-order valence-electron chi connectivity index (χ1n) is 8.25. The quantitative estimate of drug-likeness (QED) is 0.472. The number of methoxy groups -OCH3 is 1. The summed E-state index contributed by atoms with van der Waals surface area (Å²) in [7, 11) is 1.71. The van der Waals surface area contributed by atoms with Gasteiger partial charge < -0.3 is 14.2 Å². The Morgan fingerprint density at radius 2 is 1.74 bits per heavy atom. The lowest BCUT2D eigenvalue weighted by Gasteiger charge is -2.11. The van der Waals surface area contributed by atoms with Crippen LogP contribution in [0.15, 0.2) is 48.5 Å². The molecule has 0 radical (unpaired) electrons. The number of ether oxygens (including phenoxy) is 3. The standard InChI is InChI=1S/C20H26O3/c1-3-22-16-23-20-14-7-6-12-18(20)11-5-4-9-17-10-8-13-19(15-17)21-2/h6-8,10,12-15H,3-5,9,11,16H2,1-2H3. The molecule has 0 bridgehead atoms. The van der Waals surface area contributed by atoms with Crippen LogP contribution < -0.4 is 9.47 Å². The normalized spacial score (nSPS) is 10.5. The molecule has 124 valence electrons. The zero-order chi connectivity index (χ0) is 16.3. The van der Waals surface area contributed by atoms with Crippen molar-refractivity contribution in [2.75, 3.05) is 20.5 Å². The van der Waals surface area contributed by atoms with E-state index in [1.54, 1.807) is 7.11 Å². The summed E-state index contributed by atoms with van der Waals surface area (Å²) in [6.07, 6.45) is 4.37. The van der Waals surface area contributed by atoms with Gasteiger partial charge in [-0.1, -0.05) is 30.3 Å². The second-order valence-electron chi connectivity index (χ2n) is 5.42. The van der Waals surface area contributed by atoms with Gasteiger partial charge in [0.05, 0.1) is 7.11 Å². The molecule has 0 N–H and O–H groups in total. The first-order valence-corrected chi connectivity index (χ1v) is 8.25. The maximum Gasteiger partial charge on any atom is 0.189 e. The molecule has 0 fully saturated rings. The van der Waals surface area contributed by atoms with Crippen LogP contribution in [0.25, 0.3) is 0 Å². The fraction of sp³-hybridized carbons (Fsp3) is 0.400. The van der Waals surface area contributed by atoms with Gasteiger partial charge in [0.25, 0.3) is 0 Å². The Kier molecular flexibility index (Phi) is 7.47. The summed E-state index contributed by atoms with van der Waals surface area (Å²) in [6.45, 7) is 2.95. The van der Waals surface area contributed by atoms with Crippen LogP contribution in [0.2, 0.25) is 0 Å². The molecule has 0 atom stereocenters. The highest BCUT2D eigenvalue weighted by Crippen LogP contribution is 2.21. The lowest BCUT2D eigenvalue weighted by Crippen LogP contribution is -2.04. The second kappa shape index (κ2) is 9.90. The summed E-state index contributed by atoms with van der Waals surface area (Å²) < 4.78 is 16.2. The molecular weight excluding hydrogens is 288 g/mol. The van der Waals surface area contributed by atoms with E-state index in [0.29, 0.717) is 13.4 Å². The molecule has 23 heavy (non-hydrogen) atoms. The maximum atomic E-state index is 5.68. The van der Waals surface area contributed by atoms with Gasteiger partial charge in [0.1, 0.15) is 11.5 Å². The van der Waals surface area contributed by atoms with E-state index >= 15 is 0 Å². The van der Waals surface area contributed by atoms with E-state index < -0.39 is 0 Å². The molecule has 0 aromatic heterocycles. The van der Waals surface area contributed by atoms with Crippen molar-refractivity contribution in [3.05, 3.63) is 59.7 Å². The smallest absolute Gasteiger partial charge is 0.189 e. The molecule has 2 aromatic carbocycles. The van der Waals surface area contributed by atoms with Crippen molar-refractivity contribution in [1.29, 1.82) is 0 Å². The molecule has 0 heterocycles. The van der Waals surface area contributed by atoms with Gasteiger partial charge in [-0.2, -0.15) is 0 Å². The van der Waals surface area contributed by atoms with Gasteiger partial charge in [0, 0.05) is 6.61 Å². The van der Waals surface area contributed by atoms with Crippen LogP contribution in [0.4, 0.5) is 0 Å². The third-order valence-corrected chi connectivity index (χ3v) is 3.77. The van der Waals surface area contributed by atoms with Crippen LogP contribution >= 0.6 is 0 Å². The lowest BCUT2D eigenvalue weighted by atomic mass is 10.0. The fourth-order valence-corrected chi connectivity index (χ4v) is 2.51. The van der Waals surface area contributed by atoms with Crippen molar-refractivity contribution in [2.24, 2.45) is 0 Å². The minimum absolute atomic E-state index is 0.317. The van der Waals surface area contributed by atoms with Crippen LogP contribution in [0.1, 0.15) is 30.9 Å². The highest BCUT2D eigenvalue weighted by atomic mass is 16.7. The molecule has 0 amide bonds. The molecule has 3 nitrogen and oxygen atoms in total. The molecule has 0 saturated carbocycles. The number of hydrogen-bond donors (Lipinski definition) is 0. The molecule has 0 spiro atoms. The number of unbranched alkanes of at least 4 members (excludes halogenated alkanes) is 1. The Bertz CT molecular complexity index is 581. The number of benzene rings is 2. The summed E-state index contributed by atoms with van der Waals surface area (Å²) in [5.74, 6) is 1.86. The molecule has 2 aromatic rings. The lowest BCUT2D eigenvalue weighted by molar-refractivity contribution is 0.0218. The van der Waals surface area contributed by atoms with Crippen molar-refractivity contribution in [3.63, 3.8) is 0 Å². The molecule has 3 heteroatoms. The Balaban J connectivity index is 1.79. The predicted octanol–water partition coefficient (Wildman–Crippen LogP) is 4.63. The molecular formula is C20H26O3. The van der Waals surface area contributed by atoms with Gasteiger partial charge in [-0.15, -0.1) is 0 Å². The Morgan fingerprint density at radius 1 is 0.913 bits per heavy atom. The topological polar surface area (TPSA) is 27.7 Å². The van der Waals surface area contributed by atoms with E-state index in [1.165, 1.54) is 11.1 Å². The summed E-state index contributed by atoms with van der Waals surface area (Å²) in [6, 6.07) is 16.5. The summed E-state index contributed by atoms with van der Waals surface area (Å²) in [4.78, 5) is 0. The van der Waals surface area contributed by atoms with Gasteiger partial charge in [-0.3, -0.25) is 0 Å². The van der Waals surface area contributed by atoms with Gasteiger partial charge in [0.15, 0.2) is 6.79 Å². The summed E-state index contributed by atoms with van der Waals surface area (Å²) in [5.41, 5.74) is 2.57. The van der Waals surface area contributed by atoms with Gasteiger partial charge >= 0.3 is 0 Å². The Hall–Kier alpha value is -2.00. The minimum atomic E-state index is 0.317. The summed E-state index contributed by atoms with van der Waals surface area (Å²) in [5, 5.41) is 0. The number of aryl methyl sites for hydroxylation is 2. The third-order valence-electron chi connectivity index (χ3n) is 3.77. The number of para-hydroxylation sites is 1. The average molecular weight is 314 g/mol. The van der Waals surface area contributed by atoms with E-state index in [1.807, 2.05) is 31.2 Å². The van der Waals surface area contributed by atoms with E-state index in [0.717, 1.165) is 37.2 Å². The van der Waals surface area contributed by atoms with Crippen molar-refractivity contribution < 1.29 is 14.2 Å². The molecule has 0 aliphatic heterocycles. The van der Waals surface area contributed by atoms with Crippen LogP contribution in [-0.2, 0) is 17.6 Å². The third kappa shape index (κ3) is 5.95. The van der Waals surface area contributed by atoms with E-state index in [9.17, 15) is 0 Å². The largest absolute Gasteiger partial charge is 0.497 e. The zero-order valence-corrected chi connectivity index (χ0v) is 14.1. The molecule has 0 aliphatic carbocycles. The number of hydrogen-bond acceptors (Lipinski definition) is 3. The van der Waals surface area contributed by atoms with Crippen molar-refractivity contribution in [3.8, 4) is 11.5 Å². The highest BCUT2D eigenvalue weighted by molar-refractivity contribution is 5.33. The molecule has 0 saturated heterocycles. The van der Waals surface area contributed by atoms with Gasteiger partial charge in [-0.25, -0.2) is 0 Å². The zero-order valence-electron chi connectivity index (χ0n) is 14.1. The van der Waals surface area contributed by atoms with Crippen molar-refractivity contribution >= 4 is 0 Å². The van der Waals surface area contributed by atoms with Crippen LogP contribution in [0.5, 0.6) is 11.5 Å².